The summed E-state index contributed by atoms with van der Waals surface area (Å²) in [7, 11) is 3.26. The van der Waals surface area contributed by atoms with Crippen molar-refractivity contribution in [3.05, 3.63) is 65.6 Å². The Balaban J connectivity index is 1.52. The van der Waals surface area contributed by atoms with E-state index < -0.39 is 0 Å². The number of nitrogens with one attached hydrogen (secondary N) is 1. The van der Waals surface area contributed by atoms with E-state index in [1.54, 1.807) is 25.1 Å². The molecule has 0 spiro atoms. The number of fused-ring (bicyclic) bond motifs is 1. The predicted octanol–water partition coefficient (Wildman–Crippen LogP) is 4.14. The smallest absolute Gasteiger partial charge is 0.168 e. The maximum absolute atomic E-state index is 6.11. The molecule has 8 heteroatoms. The maximum Gasteiger partial charge on any atom is 0.168 e. The molecule has 2 heterocycles. The van der Waals surface area contributed by atoms with Crippen LogP contribution in [0.25, 0.3) is 16.7 Å². The molecule has 0 aliphatic heterocycles. The molecular formula is C21H20ClN5O2. The minimum atomic E-state index is 0.647. The lowest BCUT2D eigenvalue weighted by molar-refractivity contribution is 0.354. The second kappa shape index (κ2) is 8.36. The number of halogens is 1. The van der Waals surface area contributed by atoms with Gasteiger partial charge >= 0.3 is 0 Å². The quantitative estimate of drug-likeness (QED) is 0.494. The van der Waals surface area contributed by atoms with Gasteiger partial charge in [0.1, 0.15) is 12.1 Å². The summed E-state index contributed by atoms with van der Waals surface area (Å²) in [4.78, 5) is 8.77. The van der Waals surface area contributed by atoms with Gasteiger partial charge in [0.15, 0.2) is 17.1 Å². The van der Waals surface area contributed by atoms with Crippen LogP contribution in [0.4, 0.5) is 5.82 Å². The van der Waals surface area contributed by atoms with E-state index in [-0.39, 0.29) is 0 Å². The monoisotopic (exact) mass is 409 g/mol. The average molecular weight is 410 g/mol. The van der Waals surface area contributed by atoms with E-state index in [4.69, 9.17) is 21.1 Å². The van der Waals surface area contributed by atoms with Crippen LogP contribution in [-0.4, -0.2) is 40.5 Å². The normalized spacial score (nSPS) is 10.9. The number of rotatable bonds is 7. The molecule has 0 radical (unpaired) electrons. The van der Waals surface area contributed by atoms with Crippen LogP contribution < -0.4 is 14.8 Å². The molecule has 148 valence electrons. The highest BCUT2D eigenvalue weighted by Gasteiger charge is 2.11. The van der Waals surface area contributed by atoms with Gasteiger partial charge in [0, 0.05) is 11.6 Å². The molecular weight excluding hydrogens is 390 g/mol. The SMILES string of the molecule is COc1ccc(CCNc2ncnc3c2cnn3-c2cccc(Cl)c2)cc1OC. The Morgan fingerprint density at radius 2 is 1.90 bits per heavy atom. The molecule has 0 fully saturated rings. The number of anilines is 1. The second-order valence-electron chi connectivity index (χ2n) is 6.36. The Morgan fingerprint density at radius 1 is 1.03 bits per heavy atom. The molecule has 0 atom stereocenters. The Hall–Kier alpha value is -3.32. The third-order valence-electron chi connectivity index (χ3n) is 4.57. The maximum atomic E-state index is 6.11. The van der Waals surface area contributed by atoms with Gasteiger partial charge in [0.2, 0.25) is 0 Å². The number of ether oxygens (including phenoxy) is 2. The molecule has 2 aromatic carbocycles. The predicted molar refractivity (Wildman–Crippen MR) is 113 cm³/mol. The first kappa shape index (κ1) is 19.0. The van der Waals surface area contributed by atoms with E-state index in [1.807, 2.05) is 42.5 Å². The van der Waals surface area contributed by atoms with E-state index >= 15 is 0 Å². The first-order chi connectivity index (χ1) is 14.2. The van der Waals surface area contributed by atoms with Gasteiger partial charge in [-0.3, -0.25) is 0 Å². The molecule has 7 nitrogen and oxygen atoms in total. The van der Waals surface area contributed by atoms with Crippen LogP contribution in [-0.2, 0) is 6.42 Å². The lowest BCUT2D eigenvalue weighted by Gasteiger charge is -2.10. The summed E-state index contributed by atoms with van der Waals surface area (Å²) < 4.78 is 12.4. The number of hydrogen-bond acceptors (Lipinski definition) is 6. The van der Waals surface area contributed by atoms with Gasteiger partial charge in [-0.2, -0.15) is 5.10 Å². The van der Waals surface area contributed by atoms with Crippen molar-refractivity contribution in [3.8, 4) is 17.2 Å². The zero-order valence-electron chi connectivity index (χ0n) is 16.1. The highest BCUT2D eigenvalue weighted by molar-refractivity contribution is 6.30. The Bertz CT molecular complexity index is 1150. The topological polar surface area (TPSA) is 74.1 Å². The summed E-state index contributed by atoms with van der Waals surface area (Å²) in [6.07, 6.45) is 4.09. The largest absolute Gasteiger partial charge is 0.493 e. The third kappa shape index (κ3) is 3.95. The van der Waals surface area contributed by atoms with Crippen LogP contribution in [0.2, 0.25) is 5.02 Å². The highest BCUT2D eigenvalue weighted by Crippen LogP contribution is 2.28. The second-order valence-corrected chi connectivity index (χ2v) is 6.80. The van der Waals surface area contributed by atoms with E-state index in [1.165, 1.54) is 6.33 Å². The molecule has 0 saturated carbocycles. The highest BCUT2D eigenvalue weighted by atomic mass is 35.5. The summed E-state index contributed by atoms with van der Waals surface area (Å²) in [5, 5.41) is 9.33. The molecule has 0 aliphatic carbocycles. The van der Waals surface area contributed by atoms with Crippen molar-refractivity contribution >= 4 is 28.5 Å². The standard InChI is InChI=1S/C21H20ClN5O2/c1-28-18-7-6-14(10-19(18)29-2)8-9-23-20-17-12-26-27(21(17)25-13-24-20)16-5-3-4-15(22)11-16/h3-7,10-13H,8-9H2,1-2H3,(H,23,24,25). The van der Waals surface area contributed by atoms with Crippen molar-refractivity contribution < 1.29 is 9.47 Å². The molecule has 4 rings (SSSR count). The van der Waals surface area contributed by atoms with Crippen molar-refractivity contribution in [1.29, 1.82) is 0 Å². The van der Waals surface area contributed by atoms with E-state index in [9.17, 15) is 0 Å². The molecule has 1 N–H and O–H groups in total. The molecule has 0 unspecified atom stereocenters. The average Bonchev–Trinajstić information content (AvgIpc) is 3.18. The molecule has 0 aliphatic rings. The molecule has 29 heavy (non-hydrogen) atoms. The van der Waals surface area contributed by atoms with Gasteiger partial charge in [0.05, 0.1) is 31.5 Å². The van der Waals surface area contributed by atoms with Crippen molar-refractivity contribution in [2.24, 2.45) is 0 Å². The summed E-state index contributed by atoms with van der Waals surface area (Å²) in [5.41, 5.74) is 2.70. The van der Waals surface area contributed by atoms with Gasteiger partial charge in [-0.15, -0.1) is 0 Å². The molecule has 0 amide bonds. The van der Waals surface area contributed by atoms with Crippen molar-refractivity contribution in [2.75, 3.05) is 26.1 Å². The minimum absolute atomic E-state index is 0.647. The fourth-order valence-electron chi connectivity index (χ4n) is 3.14. The number of nitrogens with zero attached hydrogens (tertiary/aromatic N) is 4. The van der Waals surface area contributed by atoms with Gasteiger partial charge < -0.3 is 14.8 Å². The van der Waals surface area contributed by atoms with Crippen LogP contribution in [0, 0.1) is 0 Å². The summed E-state index contributed by atoms with van der Waals surface area (Å²) in [6.45, 7) is 0.698. The van der Waals surface area contributed by atoms with Crippen LogP contribution in [0.5, 0.6) is 11.5 Å². The van der Waals surface area contributed by atoms with Crippen LogP contribution >= 0.6 is 11.6 Å². The van der Waals surface area contributed by atoms with Gasteiger partial charge in [-0.1, -0.05) is 23.7 Å². The van der Waals surface area contributed by atoms with E-state index in [0.29, 0.717) is 11.6 Å². The first-order valence-corrected chi connectivity index (χ1v) is 9.47. The summed E-state index contributed by atoms with van der Waals surface area (Å²) >= 11 is 6.11. The third-order valence-corrected chi connectivity index (χ3v) is 4.81. The van der Waals surface area contributed by atoms with Crippen molar-refractivity contribution in [1.82, 2.24) is 19.7 Å². The number of benzene rings is 2. The van der Waals surface area contributed by atoms with Gasteiger partial charge in [-0.25, -0.2) is 14.6 Å². The zero-order valence-corrected chi connectivity index (χ0v) is 16.8. The van der Waals surface area contributed by atoms with Crippen LogP contribution in [0.15, 0.2) is 55.0 Å². The Morgan fingerprint density at radius 3 is 2.69 bits per heavy atom. The van der Waals surface area contributed by atoms with Crippen LogP contribution in [0.3, 0.4) is 0 Å². The van der Waals surface area contributed by atoms with E-state index in [2.05, 4.69) is 20.4 Å². The number of aromatic nitrogens is 4. The fourth-order valence-corrected chi connectivity index (χ4v) is 3.33. The molecule has 0 bridgehead atoms. The number of hydrogen-bond donors (Lipinski definition) is 1. The van der Waals surface area contributed by atoms with E-state index in [0.717, 1.165) is 46.0 Å². The number of methoxy groups -OCH3 is 2. The Kier molecular flexibility index (Phi) is 5.48. The summed E-state index contributed by atoms with van der Waals surface area (Å²) in [5.74, 6) is 2.18. The minimum Gasteiger partial charge on any atom is -0.493 e. The van der Waals surface area contributed by atoms with Crippen molar-refractivity contribution in [2.45, 2.75) is 6.42 Å². The van der Waals surface area contributed by atoms with Crippen molar-refractivity contribution in [3.63, 3.8) is 0 Å². The molecule has 4 aromatic rings. The fraction of sp³-hybridized carbons (Fsp3) is 0.190. The van der Waals surface area contributed by atoms with Crippen LogP contribution in [0.1, 0.15) is 5.56 Å². The molecule has 0 saturated heterocycles. The first-order valence-electron chi connectivity index (χ1n) is 9.09. The molecule has 2 aromatic heterocycles. The summed E-state index contributed by atoms with van der Waals surface area (Å²) in [6, 6.07) is 13.4. The van der Waals surface area contributed by atoms with Gasteiger partial charge in [-0.05, 0) is 42.3 Å². The zero-order chi connectivity index (χ0) is 20.2. The Labute approximate surface area is 173 Å². The van der Waals surface area contributed by atoms with Gasteiger partial charge in [0.25, 0.3) is 0 Å². The lowest BCUT2D eigenvalue weighted by atomic mass is 10.1. The lowest BCUT2D eigenvalue weighted by Crippen LogP contribution is -2.07.